The Morgan fingerprint density at radius 1 is 1.22 bits per heavy atom. The quantitative estimate of drug-likeness (QED) is 0.769. The lowest BCUT2D eigenvalue weighted by Crippen LogP contribution is -2.36. The fourth-order valence-electron chi connectivity index (χ4n) is 2.89. The minimum absolute atomic E-state index is 0.199. The molecule has 1 atom stereocenters. The molecule has 0 bridgehead atoms. The third-order valence-corrected chi connectivity index (χ3v) is 4.26. The molecule has 1 aliphatic rings. The Morgan fingerprint density at radius 2 is 1.87 bits per heavy atom. The maximum absolute atomic E-state index is 12.5. The first-order valence-electron chi connectivity index (χ1n) is 8.12. The Bertz CT molecular complexity index is 506. The summed E-state index contributed by atoms with van der Waals surface area (Å²) in [6, 6.07) is 3.49. The molecule has 1 heterocycles. The Morgan fingerprint density at radius 3 is 2.52 bits per heavy atom. The van der Waals surface area contributed by atoms with Crippen LogP contribution in [0.1, 0.15) is 29.5 Å². The molecule has 0 saturated carbocycles. The van der Waals surface area contributed by atoms with Crippen molar-refractivity contribution in [2.24, 2.45) is 0 Å². The Kier molecular flexibility index (Phi) is 6.74. The SMILES string of the molecule is Cc1cc(CNCC(O)CN2CCCC2)c(OC(F)F)cc1C. The van der Waals surface area contributed by atoms with Gasteiger partial charge in [-0.15, -0.1) is 0 Å². The molecule has 1 saturated heterocycles. The predicted molar refractivity (Wildman–Crippen MR) is 85.9 cm³/mol. The Hall–Kier alpha value is -1.24. The highest BCUT2D eigenvalue weighted by molar-refractivity contribution is 5.41. The number of alkyl halides is 2. The maximum atomic E-state index is 12.5. The van der Waals surface area contributed by atoms with Crippen LogP contribution in [0.15, 0.2) is 12.1 Å². The van der Waals surface area contributed by atoms with Crippen molar-refractivity contribution in [3.8, 4) is 5.75 Å². The maximum Gasteiger partial charge on any atom is 0.387 e. The second kappa shape index (κ2) is 8.57. The zero-order valence-electron chi connectivity index (χ0n) is 13.8. The standard InChI is InChI=1S/C17H26F2N2O2/c1-12-7-14(16(8-13(12)2)23-17(18)19)9-20-10-15(22)11-21-5-3-4-6-21/h7-8,15,17,20,22H,3-6,9-11H2,1-2H3. The highest BCUT2D eigenvalue weighted by Gasteiger charge is 2.16. The summed E-state index contributed by atoms with van der Waals surface area (Å²) in [6.07, 6.45) is 1.92. The number of β-amino-alcohol motifs (C(OH)–C–C–N with tert-alkyl or cyclic N) is 1. The number of halogens is 2. The van der Waals surface area contributed by atoms with Gasteiger partial charge in [0, 0.05) is 25.2 Å². The highest BCUT2D eigenvalue weighted by Crippen LogP contribution is 2.25. The highest BCUT2D eigenvalue weighted by atomic mass is 19.3. The Balaban J connectivity index is 1.87. The van der Waals surface area contributed by atoms with Crippen LogP contribution in [0.4, 0.5) is 8.78 Å². The van der Waals surface area contributed by atoms with Crippen molar-refractivity contribution in [2.75, 3.05) is 26.2 Å². The number of aryl methyl sites for hydroxylation is 2. The third kappa shape index (κ3) is 5.71. The summed E-state index contributed by atoms with van der Waals surface area (Å²) in [5.41, 5.74) is 2.63. The molecule has 1 aliphatic heterocycles. The molecular formula is C17H26F2N2O2. The number of aliphatic hydroxyl groups is 1. The van der Waals surface area contributed by atoms with E-state index in [4.69, 9.17) is 0 Å². The third-order valence-electron chi connectivity index (χ3n) is 4.26. The van der Waals surface area contributed by atoms with Gasteiger partial charge < -0.3 is 20.1 Å². The van der Waals surface area contributed by atoms with Crippen LogP contribution in [0.2, 0.25) is 0 Å². The topological polar surface area (TPSA) is 44.7 Å². The van der Waals surface area contributed by atoms with Crippen molar-refractivity contribution >= 4 is 0 Å². The number of ether oxygens (including phenoxy) is 1. The van der Waals surface area contributed by atoms with Crippen molar-refractivity contribution < 1.29 is 18.6 Å². The van der Waals surface area contributed by atoms with E-state index in [1.807, 2.05) is 19.9 Å². The molecule has 0 aromatic heterocycles. The fraction of sp³-hybridized carbons (Fsp3) is 0.647. The van der Waals surface area contributed by atoms with Crippen LogP contribution in [-0.2, 0) is 6.54 Å². The largest absolute Gasteiger partial charge is 0.434 e. The minimum atomic E-state index is -2.84. The first-order valence-corrected chi connectivity index (χ1v) is 8.12. The van der Waals surface area contributed by atoms with E-state index >= 15 is 0 Å². The molecule has 1 aromatic rings. The van der Waals surface area contributed by atoms with Gasteiger partial charge in [-0.25, -0.2) is 0 Å². The van der Waals surface area contributed by atoms with Crippen molar-refractivity contribution in [3.05, 3.63) is 28.8 Å². The van der Waals surface area contributed by atoms with Gasteiger partial charge in [0.2, 0.25) is 0 Å². The van der Waals surface area contributed by atoms with Gasteiger partial charge in [0.05, 0.1) is 6.10 Å². The second-order valence-corrected chi connectivity index (χ2v) is 6.22. The van der Waals surface area contributed by atoms with Crippen LogP contribution in [-0.4, -0.2) is 48.9 Å². The van der Waals surface area contributed by atoms with E-state index in [-0.39, 0.29) is 5.75 Å². The van der Waals surface area contributed by atoms with Gasteiger partial charge in [-0.3, -0.25) is 0 Å². The molecule has 0 radical (unpaired) electrons. The number of likely N-dealkylation sites (tertiary alicyclic amines) is 1. The number of benzene rings is 1. The molecule has 1 unspecified atom stereocenters. The van der Waals surface area contributed by atoms with E-state index in [1.165, 1.54) is 12.8 Å². The molecule has 6 heteroatoms. The van der Waals surface area contributed by atoms with Gasteiger partial charge in [0.25, 0.3) is 0 Å². The summed E-state index contributed by atoms with van der Waals surface area (Å²) in [7, 11) is 0. The van der Waals surface area contributed by atoms with Gasteiger partial charge in [0.1, 0.15) is 5.75 Å². The summed E-state index contributed by atoms with van der Waals surface area (Å²) in [5, 5.41) is 13.2. The molecule has 2 rings (SSSR count). The molecule has 1 fully saturated rings. The van der Waals surface area contributed by atoms with Crippen molar-refractivity contribution in [1.29, 1.82) is 0 Å². The van der Waals surface area contributed by atoms with E-state index < -0.39 is 12.7 Å². The van der Waals surface area contributed by atoms with E-state index in [0.717, 1.165) is 24.2 Å². The van der Waals surface area contributed by atoms with Crippen molar-refractivity contribution in [1.82, 2.24) is 10.2 Å². The molecular weight excluding hydrogens is 302 g/mol. The molecule has 4 nitrogen and oxygen atoms in total. The van der Waals surface area contributed by atoms with E-state index in [9.17, 15) is 13.9 Å². The number of nitrogens with one attached hydrogen (secondary N) is 1. The van der Waals surface area contributed by atoms with Crippen molar-refractivity contribution in [3.63, 3.8) is 0 Å². The van der Waals surface area contributed by atoms with Crippen LogP contribution in [0.25, 0.3) is 0 Å². The molecule has 0 spiro atoms. The zero-order valence-corrected chi connectivity index (χ0v) is 13.8. The van der Waals surface area contributed by atoms with Crippen LogP contribution in [0.3, 0.4) is 0 Å². The molecule has 0 amide bonds. The van der Waals surface area contributed by atoms with Crippen LogP contribution >= 0.6 is 0 Å². The zero-order chi connectivity index (χ0) is 16.8. The molecule has 130 valence electrons. The number of nitrogens with zero attached hydrogens (tertiary/aromatic N) is 1. The van der Waals surface area contributed by atoms with E-state index in [0.29, 0.717) is 25.2 Å². The predicted octanol–water partition coefficient (Wildman–Crippen LogP) is 2.45. The summed E-state index contributed by atoms with van der Waals surface area (Å²) in [6.45, 7) is 4.52. The van der Waals surface area contributed by atoms with Gasteiger partial charge >= 0.3 is 6.61 Å². The van der Waals surface area contributed by atoms with Gasteiger partial charge in [-0.05, 0) is 57.0 Å². The summed E-state index contributed by atoms with van der Waals surface area (Å²) in [5.74, 6) is 0.199. The van der Waals surface area contributed by atoms with Gasteiger partial charge in [0.15, 0.2) is 0 Å². The normalized spacial score (nSPS) is 17.0. The van der Waals surface area contributed by atoms with E-state index in [1.54, 1.807) is 6.07 Å². The average Bonchev–Trinajstić information content (AvgIpc) is 2.96. The first-order chi connectivity index (χ1) is 11.0. The lowest BCUT2D eigenvalue weighted by atomic mass is 10.0. The fourth-order valence-corrected chi connectivity index (χ4v) is 2.89. The van der Waals surface area contributed by atoms with Crippen LogP contribution in [0.5, 0.6) is 5.75 Å². The van der Waals surface area contributed by atoms with Gasteiger partial charge in [-0.2, -0.15) is 8.78 Å². The molecule has 0 aliphatic carbocycles. The monoisotopic (exact) mass is 328 g/mol. The first kappa shape index (κ1) is 18.1. The minimum Gasteiger partial charge on any atom is -0.434 e. The van der Waals surface area contributed by atoms with Gasteiger partial charge in [-0.1, -0.05) is 6.07 Å². The number of hydrogen-bond acceptors (Lipinski definition) is 4. The second-order valence-electron chi connectivity index (χ2n) is 6.22. The summed E-state index contributed by atoms with van der Waals surface area (Å²) in [4.78, 5) is 2.24. The summed E-state index contributed by atoms with van der Waals surface area (Å²) >= 11 is 0. The van der Waals surface area contributed by atoms with Crippen LogP contribution < -0.4 is 10.1 Å². The average molecular weight is 328 g/mol. The molecule has 2 N–H and O–H groups in total. The lowest BCUT2D eigenvalue weighted by molar-refractivity contribution is -0.0505. The molecule has 1 aromatic carbocycles. The summed E-state index contributed by atoms with van der Waals surface area (Å²) < 4.78 is 29.6. The van der Waals surface area contributed by atoms with Crippen molar-refractivity contribution in [2.45, 2.75) is 45.9 Å². The number of rotatable bonds is 8. The number of hydrogen-bond donors (Lipinski definition) is 2. The number of aliphatic hydroxyl groups excluding tert-OH is 1. The molecule has 23 heavy (non-hydrogen) atoms. The lowest BCUT2D eigenvalue weighted by Gasteiger charge is -2.20. The smallest absolute Gasteiger partial charge is 0.387 e. The van der Waals surface area contributed by atoms with Crippen LogP contribution in [0, 0.1) is 13.8 Å². The Labute approximate surface area is 136 Å². The van der Waals surface area contributed by atoms with E-state index in [2.05, 4.69) is 15.0 Å².